The Morgan fingerprint density at radius 1 is 1.48 bits per heavy atom. The summed E-state index contributed by atoms with van der Waals surface area (Å²) in [6.07, 6.45) is 3.06. The monoisotopic (exact) mass is 432 g/mol. The number of hydrogen-bond acceptors (Lipinski definition) is 4. The molecule has 2 aromatic heterocycles. The first-order valence-corrected chi connectivity index (χ1v) is 10.8. The molecule has 3 heterocycles. The third-order valence-corrected chi connectivity index (χ3v) is 6.89. The molecule has 29 heavy (non-hydrogen) atoms. The van der Waals surface area contributed by atoms with Crippen LogP contribution in [-0.2, 0) is 13.0 Å². The van der Waals surface area contributed by atoms with E-state index < -0.39 is 0 Å². The Labute approximate surface area is 177 Å². The van der Waals surface area contributed by atoms with Gasteiger partial charge in [-0.15, -0.1) is 11.3 Å². The molecule has 1 unspecified atom stereocenters. The van der Waals surface area contributed by atoms with Crippen molar-refractivity contribution in [3.63, 3.8) is 0 Å². The summed E-state index contributed by atoms with van der Waals surface area (Å²) in [6, 6.07) is 7.97. The van der Waals surface area contributed by atoms with Crippen LogP contribution in [0.25, 0.3) is 11.3 Å². The van der Waals surface area contributed by atoms with Crippen molar-refractivity contribution in [2.45, 2.75) is 38.3 Å². The maximum Gasteiger partial charge on any atom is 0.261 e. The molecule has 1 aliphatic heterocycles. The van der Waals surface area contributed by atoms with Crippen molar-refractivity contribution in [2.24, 2.45) is 5.73 Å². The molecule has 0 saturated carbocycles. The number of benzene rings is 1. The van der Waals surface area contributed by atoms with E-state index in [1.54, 1.807) is 12.3 Å². The minimum atomic E-state index is -0.297. The number of carbonyl (C=O) groups is 1. The van der Waals surface area contributed by atoms with Crippen LogP contribution in [0.3, 0.4) is 0 Å². The first-order chi connectivity index (χ1) is 14.0. The Hall–Kier alpha value is -2.22. The molecular formula is C21H22ClFN4OS. The number of hydrogen-bond donors (Lipinski definition) is 2. The Morgan fingerprint density at radius 3 is 3.07 bits per heavy atom. The van der Waals surface area contributed by atoms with Crippen molar-refractivity contribution in [1.29, 1.82) is 0 Å². The van der Waals surface area contributed by atoms with Gasteiger partial charge in [0.15, 0.2) is 0 Å². The SMILES string of the molecule is CC1CCn2ncc(Cl)c2-c2cc(C(=O)N[C@H](CN)Cc3cccc(F)c3)sc21. The quantitative estimate of drug-likeness (QED) is 0.634. The van der Waals surface area contributed by atoms with Gasteiger partial charge in [-0.3, -0.25) is 9.48 Å². The lowest BCUT2D eigenvalue weighted by atomic mass is 10.0. The average Bonchev–Trinajstić information content (AvgIpc) is 3.26. The minimum Gasteiger partial charge on any atom is -0.347 e. The highest BCUT2D eigenvalue weighted by Gasteiger charge is 2.27. The van der Waals surface area contributed by atoms with Gasteiger partial charge in [-0.25, -0.2) is 4.39 Å². The van der Waals surface area contributed by atoms with Gasteiger partial charge >= 0.3 is 0 Å². The normalized spacial score (nSPS) is 16.6. The molecule has 3 aromatic rings. The molecule has 0 aliphatic carbocycles. The number of aryl methyl sites for hydroxylation is 1. The van der Waals surface area contributed by atoms with E-state index in [9.17, 15) is 9.18 Å². The fraction of sp³-hybridized carbons (Fsp3) is 0.333. The van der Waals surface area contributed by atoms with Crippen molar-refractivity contribution in [3.8, 4) is 11.3 Å². The van der Waals surface area contributed by atoms with Gasteiger partial charge in [0.05, 0.1) is 21.8 Å². The Kier molecular flexibility index (Phi) is 5.72. The first-order valence-electron chi connectivity index (χ1n) is 9.57. The van der Waals surface area contributed by atoms with E-state index in [1.165, 1.54) is 23.5 Å². The molecule has 0 bridgehead atoms. The summed E-state index contributed by atoms with van der Waals surface area (Å²) in [6.45, 7) is 3.22. The number of rotatable bonds is 5. The Morgan fingerprint density at radius 2 is 2.31 bits per heavy atom. The molecule has 0 saturated heterocycles. The molecule has 0 fully saturated rings. The van der Waals surface area contributed by atoms with Gasteiger partial charge < -0.3 is 11.1 Å². The number of thiophene rings is 1. The standard InChI is InChI=1S/C21H22ClFN4OS/c1-12-5-6-27-19(17(22)11-25-27)16-9-18(29-20(12)16)21(28)26-15(10-24)8-13-3-2-4-14(23)7-13/h2-4,7,9,11-12,15H,5-6,8,10,24H2,1H3,(H,26,28)/t12?,15-/m0/s1. The number of fused-ring (bicyclic) bond motifs is 3. The minimum absolute atomic E-state index is 0.177. The third kappa shape index (κ3) is 4.08. The summed E-state index contributed by atoms with van der Waals surface area (Å²) in [5.41, 5.74) is 8.50. The van der Waals surface area contributed by atoms with Gasteiger partial charge in [-0.2, -0.15) is 5.10 Å². The Balaban J connectivity index is 1.57. The molecule has 8 heteroatoms. The second kappa shape index (κ2) is 8.26. The lowest BCUT2D eigenvalue weighted by Crippen LogP contribution is -2.41. The molecule has 3 N–H and O–H groups in total. The van der Waals surface area contributed by atoms with E-state index in [1.807, 2.05) is 16.8 Å². The van der Waals surface area contributed by atoms with E-state index in [2.05, 4.69) is 17.3 Å². The summed E-state index contributed by atoms with van der Waals surface area (Å²) < 4.78 is 15.4. The van der Waals surface area contributed by atoms with E-state index in [0.29, 0.717) is 22.2 Å². The van der Waals surface area contributed by atoms with Crippen molar-refractivity contribution in [1.82, 2.24) is 15.1 Å². The maximum absolute atomic E-state index is 13.4. The zero-order valence-corrected chi connectivity index (χ0v) is 17.6. The lowest BCUT2D eigenvalue weighted by molar-refractivity contribution is 0.0942. The van der Waals surface area contributed by atoms with E-state index in [-0.39, 0.29) is 24.3 Å². The van der Waals surface area contributed by atoms with Crippen LogP contribution < -0.4 is 11.1 Å². The number of aromatic nitrogens is 2. The van der Waals surface area contributed by atoms with E-state index in [4.69, 9.17) is 17.3 Å². The van der Waals surface area contributed by atoms with Crippen LogP contribution in [0.2, 0.25) is 5.02 Å². The first kappa shape index (κ1) is 20.1. The van der Waals surface area contributed by atoms with Crippen LogP contribution in [0.5, 0.6) is 0 Å². The molecule has 0 radical (unpaired) electrons. The topological polar surface area (TPSA) is 72.9 Å². The number of nitrogens with two attached hydrogens (primary N) is 1. The zero-order valence-electron chi connectivity index (χ0n) is 16.0. The van der Waals surface area contributed by atoms with Gasteiger partial charge in [0, 0.05) is 29.6 Å². The Bertz CT molecular complexity index is 1050. The summed E-state index contributed by atoms with van der Waals surface area (Å²) in [5.74, 6) is -0.162. The number of amides is 1. The highest BCUT2D eigenvalue weighted by atomic mass is 35.5. The predicted octanol–water partition coefficient (Wildman–Crippen LogP) is 4.21. The van der Waals surface area contributed by atoms with Gasteiger partial charge in [0.2, 0.25) is 0 Å². The number of halogens is 2. The van der Waals surface area contributed by atoms with Crippen molar-refractivity contribution < 1.29 is 9.18 Å². The number of nitrogens with one attached hydrogen (secondary N) is 1. The van der Waals surface area contributed by atoms with Crippen molar-refractivity contribution >= 4 is 28.8 Å². The summed E-state index contributed by atoms with van der Waals surface area (Å²) in [7, 11) is 0. The van der Waals surface area contributed by atoms with E-state index in [0.717, 1.165) is 34.7 Å². The molecular weight excluding hydrogens is 411 g/mol. The van der Waals surface area contributed by atoms with Crippen LogP contribution >= 0.6 is 22.9 Å². The predicted molar refractivity (Wildman–Crippen MR) is 114 cm³/mol. The van der Waals surface area contributed by atoms with Crippen LogP contribution in [0.1, 0.15) is 39.4 Å². The van der Waals surface area contributed by atoms with Crippen LogP contribution in [0.15, 0.2) is 36.5 Å². The molecule has 152 valence electrons. The molecule has 1 aliphatic rings. The van der Waals surface area contributed by atoms with Crippen LogP contribution in [0, 0.1) is 5.82 Å². The zero-order chi connectivity index (χ0) is 20.5. The molecule has 1 amide bonds. The second-order valence-corrected chi connectivity index (χ2v) is 8.87. The van der Waals surface area contributed by atoms with Gasteiger partial charge in [-0.1, -0.05) is 30.7 Å². The highest BCUT2D eigenvalue weighted by molar-refractivity contribution is 7.14. The summed E-state index contributed by atoms with van der Waals surface area (Å²) in [5, 5.41) is 7.95. The highest BCUT2D eigenvalue weighted by Crippen LogP contribution is 2.43. The largest absolute Gasteiger partial charge is 0.347 e. The second-order valence-electron chi connectivity index (χ2n) is 7.38. The van der Waals surface area contributed by atoms with Crippen LogP contribution in [-0.4, -0.2) is 28.3 Å². The van der Waals surface area contributed by atoms with E-state index >= 15 is 0 Å². The number of carbonyl (C=O) groups excluding carboxylic acids is 1. The molecule has 2 atom stereocenters. The van der Waals surface area contributed by atoms with Gasteiger partial charge in [0.25, 0.3) is 5.91 Å². The average molecular weight is 433 g/mol. The fourth-order valence-electron chi connectivity index (χ4n) is 3.71. The van der Waals surface area contributed by atoms with Crippen molar-refractivity contribution in [2.75, 3.05) is 6.54 Å². The van der Waals surface area contributed by atoms with Crippen molar-refractivity contribution in [3.05, 3.63) is 62.7 Å². The molecule has 5 nitrogen and oxygen atoms in total. The van der Waals surface area contributed by atoms with Gasteiger partial charge in [0.1, 0.15) is 5.82 Å². The summed E-state index contributed by atoms with van der Waals surface area (Å²) in [4.78, 5) is 14.7. The summed E-state index contributed by atoms with van der Waals surface area (Å²) >= 11 is 7.87. The maximum atomic E-state index is 13.4. The molecule has 0 spiro atoms. The molecule has 1 aromatic carbocycles. The molecule has 4 rings (SSSR count). The van der Waals surface area contributed by atoms with Gasteiger partial charge in [-0.05, 0) is 42.5 Å². The number of nitrogens with zero attached hydrogens (tertiary/aromatic N) is 2. The third-order valence-electron chi connectivity index (χ3n) is 5.25. The smallest absolute Gasteiger partial charge is 0.261 e. The lowest BCUT2D eigenvalue weighted by Gasteiger charge is -2.16. The fourth-order valence-corrected chi connectivity index (χ4v) is 5.11. The van der Waals surface area contributed by atoms with Crippen LogP contribution in [0.4, 0.5) is 4.39 Å².